The molecule has 0 aliphatic heterocycles. The highest BCUT2D eigenvalue weighted by Crippen LogP contribution is 2.54. The van der Waals surface area contributed by atoms with E-state index < -0.39 is 29.6 Å². The summed E-state index contributed by atoms with van der Waals surface area (Å²) in [5, 5.41) is 1.39. The maximum atomic E-state index is 9.62. The number of fused-ring (bicyclic) bond motifs is 5. The second kappa shape index (κ2) is 12.3. The maximum Gasteiger partial charge on any atom is 0.160 e. The molecule has 0 N–H and O–H groups in total. The van der Waals surface area contributed by atoms with Crippen molar-refractivity contribution in [2.45, 2.75) is 19.3 Å². The predicted molar refractivity (Wildman–Crippen MR) is 222 cm³/mol. The third kappa shape index (κ3) is 5.18. The van der Waals surface area contributed by atoms with Crippen LogP contribution in [0, 0.1) is 0 Å². The quantitative estimate of drug-likeness (QED) is 0.180. The average molecular weight is 686 g/mol. The van der Waals surface area contributed by atoms with Gasteiger partial charge >= 0.3 is 0 Å². The Balaban J connectivity index is 1.22. The summed E-state index contributed by atoms with van der Waals surface area (Å²) in [4.78, 5) is 10.2. The summed E-state index contributed by atoms with van der Waals surface area (Å²) in [6, 6.07) is 38.9. The highest BCUT2D eigenvalue weighted by molar-refractivity contribution is 6.08. The Hall–Kier alpha value is -6.64. The maximum absolute atomic E-state index is 9.62. The molecule has 0 unspecified atom stereocenters. The van der Waals surface area contributed by atoms with Gasteiger partial charge in [0.2, 0.25) is 0 Å². The summed E-state index contributed by atoms with van der Waals surface area (Å²) in [6.07, 6.45) is 0. The van der Waals surface area contributed by atoms with Crippen molar-refractivity contribution in [1.82, 2.24) is 9.97 Å². The van der Waals surface area contributed by atoms with Gasteiger partial charge in [0, 0.05) is 22.1 Å². The second-order valence-corrected chi connectivity index (χ2v) is 13.9. The Kier molecular flexibility index (Phi) is 5.32. The molecule has 10 rings (SSSR count). The van der Waals surface area contributed by atoms with E-state index in [0.717, 1.165) is 44.3 Å². The van der Waals surface area contributed by atoms with Crippen molar-refractivity contribution in [3.8, 4) is 67.3 Å². The highest BCUT2D eigenvalue weighted by atomic mass is 14.9. The Morgan fingerprint density at radius 3 is 1.77 bits per heavy atom. The van der Waals surface area contributed by atoms with Crippen LogP contribution in [0.2, 0.25) is 0 Å². The first kappa shape index (κ1) is 23.0. The Labute approximate surface area is 322 Å². The molecule has 53 heavy (non-hydrogen) atoms. The van der Waals surface area contributed by atoms with Crippen LogP contribution in [0.1, 0.15) is 37.3 Å². The van der Waals surface area contributed by atoms with Crippen LogP contribution in [0.3, 0.4) is 0 Å². The molecule has 0 saturated carbocycles. The molecule has 1 aromatic heterocycles. The summed E-state index contributed by atoms with van der Waals surface area (Å²) in [5.74, 6) is 0.549. The third-order valence-corrected chi connectivity index (χ3v) is 10.3. The number of nitrogens with zero attached hydrogens (tertiary/aromatic N) is 2. The van der Waals surface area contributed by atoms with Crippen LogP contribution in [-0.4, -0.2) is 9.97 Å². The first-order chi connectivity index (χ1) is 29.8. The molecule has 250 valence electrons. The van der Waals surface area contributed by atoms with Gasteiger partial charge in [-0.25, -0.2) is 9.97 Å². The molecule has 1 heterocycles. The minimum absolute atomic E-state index is 0.0630. The van der Waals surface area contributed by atoms with Gasteiger partial charge in [-0.3, -0.25) is 0 Å². The van der Waals surface area contributed by atoms with Gasteiger partial charge in [-0.2, -0.15) is 0 Å². The lowest BCUT2D eigenvalue weighted by Crippen LogP contribution is -2.14. The van der Waals surface area contributed by atoms with E-state index in [1.165, 1.54) is 0 Å². The van der Waals surface area contributed by atoms with E-state index >= 15 is 0 Å². The Morgan fingerprint density at radius 1 is 0.453 bits per heavy atom. The van der Waals surface area contributed by atoms with E-state index in [9.17, 15) is 5.48 Å². The topological polar surface area (TPSA) is 25.8 Å². The number of benzene rings is 8. The molecule has 0 saturated heterocycles. The molecule has 0 radical (unpaired) electrons. The zero-order chi connectivity index (χ0) is 43.4. The molecule has 2 heteroatoms. The van der Waals surface area contributed by atoms with Crippen LogP contribution in [0.4, 0.5) is 0 Å². The number of hydrogen-bond acceptors (Lipinski definition) is 2. The summed E-state index contributed by atoms with van der Waals surface area (Å²) in [6.45, 7) is 3.62. The third-order valence-electron chi connectivity index (χ3n) is 10.3. The molecule has 1 aliphatic rings. The highest BCUT2D eigenvalue weighted by Gasteiger charge is 2.37. The van der Waals surface area contributed by atoms with Crippen molar-refractivity contribution in [2.75, 3.05) is 0 Å². The normalized spacial score (nSPS) is 15.2. The molecule has 0 amide bonds. The van der Waals surface area contributed by atoms with Gasteiger partial charge in [0.15, 0.2) is 5.82 Å². The van der Waals surface area contributed by atoms with E-state index in [1.807, 2.05) is 105 Å². The lowest BCUT2D eigenvalue weighted by molar-refractivity contribution is 0.661. The van der Waals surface area contributed by atoms with Crippen LogP contribution in [0.5, 0.6) is 0 Å². The van der Waals surface area contributed by atoms with Crippen LogP contribution in [-0.2, 0) is 5.41 Å². The zero-order valence-electron chi connectivity index (χ0n) is 38.0. The monoisotopic (exact) mass is 685 g/mol. The van der Waals surface area contributed by atoms with Gasteiger partial charge in [-0.1, -0.05) is 177 Å². The van der Waals surface area contributed by atoms with E-state index in [0.29, 0.717) is 39.3 Å². The van der Waals surface area contributed by atoms with Crippen molar-refractivity contribution < 1.29 is 12.3 Å². The molecule has 0 atom stereocenters. The van der Waals surface area contributed by atoms with Gasteiger partial charge in [-0.15, -0.1) is 0 Å². The van der Waals surface area contributed by atoms with Crippen molar-refractivity contribution >= 4 is 21.5 Å². The summed E-state index contributed by atoms with van der Waals surface area (Å²) in [5.41, 5.74) is 7.23. The standard InChI is InChI=1S/C51H36N2/c1-51(2)45-23-13-22-43(49(45)44-30-37-18-9-10-19-38(37)31-46(44)51)41-28-29-42(40-21-12-11-20-39(40)41)48-32-47(52-50(53-48)36-16-7-4-8-17-36)35-26-24-34(25-27-35)33-14-5-3-6-15-33/h3-32H,1-2H3/i9D,10D,13D,18D,19D,22D,23D,30D,31D. The van der Waals surface area contributed by atoms with Crippen LogP contribution < -0.4 is 0 Å². The molecule has 2 nitrogen and oxygen atoms in total. The summed E-state index contributed by atoms with van der Waals surface area (Å²) < 4.78 is 81.4. The van der Waals surface area contributed by atoms with E-state index in [1.54, 1.807) is 0 Å². The number of aromatic nitrogens is 2. The van der Waals surface area contributed by atoms with Crippen molar-refractivity contribution in [1.29, 1.82) is 0 Å². The summed E-state index contributed by atoms with van der Waals surface area (Å²) >= 11 is 0. The van der Waals surface area contributed by atoms with Gasteiger partial charge in [-0.05, 0) is 84.2 Å². The molecule has 0 fully saturated rings. The molecule has 8 aromatic carbocycles. The van der Waals surface area contributed by atoms with Gasteiger partial charge < -0.3 is 0 Å². The first-order valence-electron chi connectivity index (χ1n) is 22.1. The van der Waals surface area contributed by atoms with E-state index in [2.05, 4.69) is 36.4 Å². The fraction of sp³-hybridized carbons (Fsp3) is 0.0588. The average Bonchev–Trinajstić information content (AvgIpc) is 3.55. The molecule has 9 aromatic rings. The SMILES string of the molecule is [2H]c1c([2H])c(-c2ccc(-c3cc(-c4ccc(-c5ccccc5)cc4)nc(-c4ccccc4)n3)c3ccccc23)c2c(c1[2H])C(C)(C)c1c-2c([2H])c2c([2H])c([2H])c([2H])c([2H])c2c1[2H]. The van der Waals surface area contributed by atoms with Crippen molar-refractivity contribution in [2.24, 2.45) is 0 Å². The number of rotatable bonds is 5. The van der Waals surface area contributed by atoms with Crippen LogP contribution in [0.25, 0.3) is 88.8 Å². The fourth-order valence-electron chi connectivity index (χ4n) is 7.64. The van der Waals surface area contributed by atoms with Crippen LogP contribution in [0.15, 0.2) is 182 Å². The molecule has 1 aliphatic carbocycles. The Bertz CT molecular complexity index is 3350. The second-order valence-electron chi connectivity index (χ2n) is 13.9. The van der Waals surface area contributed by atoms with Gasteiger partial charge in [0.1, 0.15) is 0 Å². The van der Waals surface area contributed by atoms with E-state index in [-0.39, 0.29) is 46.5 Å². The minimum atomic E-state index is -1.13. The lowest BCUT2D eigenvalue weighted by Gasteiger charge is -2.22. The lowest BCUT2D eigenvalue weighted by atomic mass is 9.81. The smallest absolute Gasteiger partial charge is 0.160 e. The Morgan fingerprint density at radius 2 is 1.04 bits per heavy atom. The minimum Gasteiger partial charge on any atom is -0.228 e. The predicted octanol–water partition coefficient (Wildman–Crippen LogP) is 13.4. The largest absolute Gasteiger partial charge is 0.228 e. The van der Waals surface area contributed by atoms with Crippen LogP contribution >= 0.6 is 0 Å². The van der Waals surface area contributed by atoms with Crippen molar-refractivity contribution in [3.05, 3.63) is 193 Å². The molecule has 0 spiro atoms. The molecular formula is C51H36N2. The molecular weight excluding hydrogens is 641 g/mol. The number of hydrogen-bond donors (Lipinski definition) is 0. The summed E-state index contributed by atoms with van der Waals surface area (Å²) in [7, 11) is 0. The fourth-order valence-corrected chi connectivity index (χ4v) is 7.64. The molecule has 0 bridgehead atoms. The van der Waals surface area contributed by atoms with E-state index in [4.69, 9.17) is 16.8 Å². The van der Waals surface area contributed by atoms with Gasteiger partial charge in [0.25, 0.3) is 0 Å². The first-order valence-corrected chi connectivity index (χ1v) is 17.6. The van der Waals surface area contributed by atoms with Gasteiger partial charge in [0.05, 0.1) is 23.7 Å². The van der Waals surface area contributed by atoms with Crippen molar-refractivity contribution in [3.63, 3.8) is 0 Å². The zero-order valence-corrected chi connectivity index (χ0v) is 29.0.